The van der Waals surface area contributed by atoms with Gasteiger partial charge in [-0.25, -0.2) is 0 Å². The van der Waals surface area contributed by atoms with Crippen LogP contribution < -0.4 is 0 Å². The van der Waals surface area contributed by atoms with Gasteiger partial charge in [-0.15, -0.1) is 0 Å². The fourth-order valence-electron chi connectivity index (χ4n) is 3.55. The molecule has 3 rings (SSSR count). The minimum atomic E-state index is 0.708. The van der Waals surface area contributed by atoms with Gasteiger partial charge in [-0.1, -0.05) is 44.5 Å². The van der Waals surface area contributed by atoms with E-state index in [2.05, 4.69) is 32.6 Å². The predicted octanol–water partition coefficient (Wildman–Crippen LogP) is 5.52. The number of rotatable bonds is 3. The second kappa shape index (κ2) is 4.98. The second-order valence-electron chi connectivity index (χ2n) is 6.48. The van der Waals surface area contributed by atoms with Gasteiger partial charge in [-0.05, 0) is 71.8 Å². The van der Waals surface area contributed by atoms with Crippen molar-refractivity contribution in [3.63, 3.8) is 0 Å². The zero-order chi connectivity index (χ0) is 13.6. The minimum absolute atomic E-state index is 0.708. The Labute approximate surface area is 121 Å². The lowest BCUT2D eigenvalue weighted by atomic mass is 9.83. The molecular weight excluding hydrogens is 252 g/mol. The molecule has 102 valence electrons. The van der Waals surface area contributed by atoms with E-state index in [9.17, 15) is 0 Å². The van der Waals surface area contributed by atoms with Gasteiger partial charge in [-0.3, -0.25) is 0 Å². The molecule has 0 heterocycles. The van der Waals surface area contributed by atoms with Gasteiger partial charge >= 0.3 is 0 Å². The molecule has 0 N–H and O–H groups in total. The zero-order valence-electron chi connectivity index (χ0n) is 12.0. The molecule has 2 aliphatic carbocycles. The third-order valence-electron chi connectivity index (χ3n) is 5.01. The molecule has 0 bridgehead atoms. The van der Waals surface area contributed by atoms with Gasteiger partial charge in [0.15, 0.2) is 0 Å². The maximum absolute atomic E-state index is 6.49. The Morgan fingerprint density at radius 3 is 2.89 bits per heavy atom. The summed E-state index contributed by atoms with van der Waals surface area (Å²) < 4.78 is 0. The highest BCUT2D eigenvalue weighted by Crippen LogP contribution is 2.49. The molecule has 1 fully saturated rings. The molecule has 0 nitrogen and oxygen atoms in total. The first kappa shape index (κ1) is 13.2. The number of hydrogen-bond acceptors (Lipinski definition) is 0. The van der Waals surface area contributed by atoms with Gasteiger partial charge < -0.3 is 0 Å². The van der Waals surface area contributed by atoms with E-state index in [-0.39, 0.29) is 0 Å². The Balaban J connectivity index is 1.89. The highest BCUT2D eigenvalue weighted by atomic mass is 35.5. The summed E-state index contributed by atoms with van der Waals surface area (Å²) >= 11 is 6.49. The third kappa shape index (κ3) is 2.48. The normalized spacial score (nSPS) is 28.9. The average Bonchev–Trinajstić information content (AvgIpc) is 3.16. The van der Waals surface area contributed by atoms with Crippen LogP contribution in [0.4, 0.5) is 0 Å². The molecule has 1 aromatic rings. The minimum Gasteiger partial charge on any atom is -0.0949 e. The predicted molar refractivity (Wildman–Crippen MR) is 83.6 cm³/mol. The SMILES string of the molecule is C=C(c1cc(Cl)c2c(c1)CC(C)CC2)C1CC1CC. The molecule has 0 spiro atoms. The van der Waals surface area contributed by atoms with E-state index in [1.807, 2.05) is 0 Å². The number of hydrogen-bond donors (Lipinski definition) is 0. The van der Waals surface area contributed by atoms with Crippen LogP contribution >= 0.6 is 11.6 Å². The van der Waals surface area contributed by atoms with Gasteiger partial charge in [0.1, 0.15) is 0 Å². The van der Waals surface area contributed by atoms with E-state index in [1.165, 1.54) is 47.9 Å². The van der Waals surface area contributed by atoms with Crippen LogP contribution in [0.5, 0.6) is 0 Å². The first-order chi connectivity index (χ1) is 9.10. The summed E-state index contributed by atoms with van der Waals surface area (Å²) in [6, 6.07) is 4.52. The van der Waals surface area contributed by atoms with Crippen molar-refractivity contribution in [2.45, 2.75) is 46.0 Å². The van der Waals surface area contributed by atoms with Crippen LogP contribution in [0, 0.1) is 17.8 Å². The van der Waals surface area contributed by atoms with E-state index in [0.29, 0.717) is 5.92 Å². The van der Waals surface area contributed by atoms with Crippen molar-refractivity contribution in [1.29, 1.82) is 0 Å². The van der Waals surface area contributed by atoms with Crippen molar-refractivity contribution < 1.29 is 0 Å². The number of allylic oxidation sites excluding steroid dienone is 1. The summed E-state index contributed by atoms with van der Waals surface area (Å²) in [5, 5.41) is 0.967. The van der Waals surface area contributed by atoms with Crippen LogP contribution in [0.3, 0.4) is 0 Å². The Bertz CT molecular complexity index is 515. The Hall–Kier alpha value is -0.750. The summed E-state index contributed by atoms with van der Waals surface area (Å²) in [7, 11) is 0. The molecular formula is C18H23Cl. The quantitative estimate of drug-likeness (QED) is 0.680. The molecule has 19 heavy (non-hydrogen) atoms. The van der Waals surface area contributed by atoms with Crippen molar-refractivity contribution in [2.75, 3.05) is 0 Å². The maximum Gasteiger partial charge on any atom is 0.0446 e. The fraction of sp³-hybridized carbons (Fsp3) is 0.556. The standard InChI is InChI=1S/C18H23Cl/c1-4-13-9-17(13)12(3)14-8-15-7-11(2)5-6-16(15)18(19)10-14/h8,10-11,13,17H,3-7,9H2,1-2H3. The van der Waals surface area contributed by atoms with Crippen LogP contribution in [0.2, 0.25) is 5.02 Å². The van der Waals surface area contributed by atoms with Gasteiger partial charge in [-0.2, -0.15) is 0 Å². The van der Waals surface area contributed by atoms with Crippen LogP contribution in [0.25, 0.3) is 5.57 Å². The largest absolute Gasteiger partial charge is 0.0949 e. The molecule has 3 unspecified atom stereocenters. The van der Waals surface area contributed by atoms with E-state index < -0.39 is 0 Å². The number of benzene rings is 1. The van der Waals surface area contributed by atoms with Gasteiger partial charge in [0.05, 0.1) is 0 Å². The van der Waals surface area contributed by atoms with Crippen LogP contribution in [0.1, 0.15) is 49.8 Å². The third-order valence-corrected chi connectivity index (χ3v) is 5.35. The van der Waals surface area contributed by atoms with Crippen molar-refractivity contribution in [3.8, 4) is 0 Å². The summed E-state index contributed by atoms with van der Waals surface area (Å²) in [6.07, 6.45) is 6.19. The molecule has 0 radical (unpaired) electrons. The van der Waals surface area contributed by atoms with Crippen molar-refractivity contribution in [2.24, 2.45) is 17.8 Å². The molecule has 0 aromatic heterocycles. The van der Waals surface area contributed by atoms with Crippen molar-refractivity contribution >= 4 is 17.2 Å². The topological polar surface area (TPSA) is 0 Å². The first-order valence-electron chi connectivity index (χ1n) is 7.60. The summed E-state index contributed by atoms with van der Waals surface area (Å²) in [5.74, 6) is 2.36. The lowest BCUT2D eigenvalue weighted by Crippen LogP contribution is -2.12. The molecule has 0 saturated heterocycles. The molecule has 1 heteroatoms. The summed E-state index contributed by atoms with van der Waals surface area (Å²) in [5.41, 5.74) is 5.46. The molecule has 0 aliphatic heterocycles. The highest BCUT2D eigenvalue weighted by Gasteiger charge is 2.37. The van der Waals surface area contributed by atoms with E-state index in [0.717, 1.165) is 23.3 Å². The average molecular weight is 275 g/mol. The van der Waals surface area contributed by atoms with E-state index in [4.69, 9.17) is 11.6 Å². The lowest BCUT2D eigenvalue weighted by molar-refractivity contribution is 0.501. The van der Waals surface area contributed by atoms with Crippen LogP contribution in [0.15, 0.2) is 18.7 Å². The van der Waals surface area contributed by atoms with Gasteiger partial charge in [0.2, 0.25) is 0 Å². The smallest absolute Gasteiger partial charge is 0.0446 e. The van der Waals surface area contributed by atoms with Gasteiger partial charge in [0, 0.05) is 5.02 Å². The lowest BCUT2D eigenvalue weighted by Gasteiger charge is -2.23. The fourth-order valence-corrected chi connectivity index (χ4v) is 3.88. The Morgan fingerprint density at radius 1 is 1.42 bits per heavy atom. The second-order valence-corrected chi connectivity index (χ2v) is 6.89. The van der Waals surface area contributed by atoms with Crippen LogP contribution in [-0.4, -0.2) is 0 Å². The number of halogens is 1. The molecule has 0 amide bonds. The molecule has 1 saturated carbocycles. The molecule has 2 aliphatic rings. The number of fused-ring (bicyclic) bond motifs is 1. The Kier molecular flexibility index (Phi) is 3.47. The monoisotopic (exact) mass is 274 g/mol. The van der Waals surface area contributed by atoms with Gasteiger partial charge in [0.25, 0.3) is 0 Å². The van der Waals surface area contributed by atoms with Crippen molar-refractivity contribution in [1.82, 2.24) is 0 Å². The first-order valence-corrected chi connectivity index (χ1v) is 7.98. The molecule has 3 atom stereocenters. The van der Waals surface area contributed by atoms with Crippen LogP contribution in [-0.2, 0) is 12.8 Å². The highest BCUT2D eigenvalue weighted by molar-refractivity contribution is 6.31. The van der Waals surface area contributed by atoms with E-state index >= 15 is 0 Å². The summed E-state index contributed by atoms with van der Waals surface area (Å²) in [4.78, 5) is 0. The van der Waals surface area contributed by atoms with E-state index in [1.54, 1.807) is 0 Å². The molecule has 1 aromatic carbocycles. The van der Waals surface area contributed by atoms with Crippen molar-refractivity contribution in [3.05, 3.63) is 40.4 Å². The Morgan fingerprint density at radius 2 is 2.21 bits per heavy atom. The summed E-state index contributed by atoms with van der Waals surface area (Å²) in [6.45, 7) is 8.95. The maximum atomic E-state index is 6.49. The zero-order valence-corrected chi connectivity index (χ0v) is 12.8.